The predicted octanol–water partition coefficient (Wildman–Crippen LogP) is 1.76. The van der Waals surface area contributed by atoms with E-state index in [4.69, 9.17) is 4.74 Å². The Morgan fingerprint density at radius 2 is 2.25 bits per heavy atom. The predicted molar refractivity (Wildman–Crippen MR) is 49.0 cm³/mol. The Morgan fingerprint density at radius 3 is 3.00 bits per heavy atom. The summed E-state index contributed by atoms with van der Waals surface area (Å²) in [6.07, 6.45) is 5.57. The van der Waals surface area contributed by atoms with Gasteiger partial charge >= 0.3 is 0 Å². The number of pyridine rings is 1. The topological polar surface area (TPSA) is 26.5 Å². The van der Waals surface area contributed by atoms with Crippen molar-refractivity contribution in [2.24, 2.45) is 0 Å². The Morgan fingerprint density at radius 1 is 1.42 bits per heavy atom. The van der Waals surface area contributed by atoms with Crippen molar-refractivity contribution < 1.29 is 4.74 Å². The van der Waals surface area contributed by atoms with E-state index in [1.165, 1.54) is 0 Å². The van der Waals surface area contributed by atoms with Crippen LogP contribution in [-0.4, -0.2) is 16.5 Å². The zero-order valence-electron chi connectivity index (χ0n) is 6.60. The molecule has 3 nitrogen and oxygen atoms in total. The van der Waals surface area contributed by atoms with Crippen LogP contribution >= 0.6 is 12.4 Å². The van der Waals surface area contributed by atoms with E-state index in [2.05, 4.69) is 4.98 Å². The minimum absolute atomic E-state index is 0. The van der Waals surface area contributed by atoms with Crippen LogP contribution in [-0.2, 0) is 0 Å². The largest absolute Gasteiger partial charge is 0.493 e. The first-order valence-corrected chi connectivity index (χ1v) is 3.37. The van der Waals surface area contributed by atoms with E-state index in [1.54, 1.807) is 13.3 Å². The molecule has 12 heavy (non-hydrogen) atoms. The number of ether oxygens (including phenoxy) is 1. The molecule has 4 heteroatoms. The van der Waals surface area contributed by atoms with Gasteiger partial charge in [0.05, 0.1) is 7.11 Å². The fourth-order valence-electron chi connectivity index (χ4n) is 1.08. The summed E-state index contributed by atoms with van der Waals surface area (Å²) in [6.45, 7) is 0. The smallest absolute Gasteiger partial charge is 0.179 e. The van der Waals surface area contributed by atoms with Gasteiger partial charge in [-0.1, -0.05) is 0 Å². The van der Waals surface area contributed by atoms with Crippen LogP contribution in [0.5, 0.6) is 5.75 Å². The van der Waals surface area contributed by atoms with Crippen LogP contribution in [0.1, 0.15) is 0 Å². The molecule has 0 fully saturated rings. The molecule has 2 aromatic rings. The molecule has 0 aliphatic heterocycles. The van der Waals surface area contributed by atoms with Crippen molar-refractivity contribution in [3.63, 3.8) is 0 Å². The fraction of sp³-hybridized carbons (Fsp3) is 0.125. The molecule has 0 aromatic carbocycles. The highest BCUT2D eigenvalue weighted by Crippen LogP contribution is 2.15. The highest BCUT2D eigenvalue weighted by atomic mass is 35.5. The molecule has 0 aliphatic rings. The first-order valence-electron chi connectivity index (χ1n) is 3.37. The lowest BCUT2D eigenvalue weighted by molar-refractivity contribution is 0.417. The number of methoxy groups -OCH3 is 1. The van der Waals surface area contributed by atoms with Crippen LogP contribution < -0.4 is 4.74 Å². The van der Waals surface area contributed by atoms with Crippen molar-refractivity contribution >= 4 is 18.1 Å². The molecule has 64 valence electrons. The van der Waals surface area contributed by atoms with Crippen LogP contribution in [0.25, 0.3) is 5.65 Å². The van der Waals surface area contributed by atoms with Crippen LogP contribution in [0.15, 0.2) is 30.7 Å². The second-order valence-corrected chi connectivity index (χ2v) is 2.23. The van der Waals surface area contributed by atoms with Gasteiger partial charge < -0.3 is 9.14 Å². The van der Waals surface area contributed by atoms with Crippen molar-refractivity contribution in [2.45, 2.75) is 0 Å². The van der Waals surface area contributed by atoms with Gasteiger partial charge in [0.2, 0.25) is 0 Å². The van der Waals surface area contributed by atoms with Gasteiger partial charge in [-0.3, -0.25) is 0 Å². The first kappa shape index (κ1) is 8.87. The molecule has 0 saturated heterocycles. The maximum atomic E-state index is 5.10. The first-order chi connectivity index (χ1) is 5.42. The lowest BCUT2D eigenvalue weighted by Crippen LogP contribution is -1.88. The summed E-state index contributed by atoms with van der Waals surface area (Å²) >= 11 is 0. The van der Waals surface area contributed by atoms with Crippen molar-refractivity contribution in [3.05, 3.63) is 30.7 Å². The van der Waals surface area contributed by atoms with Gasteiger partial charge in [-0.25, -0.2) is 4.98 Å². The number of rotatable bonds is 1. The molecule has 0 radical (unpaired) electrons. The second-order valence-electron chi connectivity index (χ2n) is 2.23. The number of imidazole rings is 1. The Labute approximate surface area is 76.4 Å². The van der Waals surface area contributed by atoms with Crippen molar-refractivity contribution in [1.82, 2.24) is 9.38 Å². The summed E-state index contributed by atoms with van der Waals surface area (Å²) < 4.78 is 7.02. The molecule has 2 rings (SSSR count). The van der Waals surface area contributed by atoms with Crippen LogP contribution in [0.4, 0.5) is 0 Å². The number of hydrogen-bond donors (Lipinski definition) is 0. The molecule has 0 amide bonds. The molecule has 2 heterocycles. The highest BCUT2D eigenvalue weighted by molar-refractivity contribution is 5.85. The Bertz CT molecular complexity index is 372. The SMILES string of the molecule is COc1cccn2ccnc12.Cl. The lowest BCUT2D eigenvalue weighted by atomic mass is 10.4. The van der Waals surface area contributed by atoms with E-state index in [0.29, 0.717) is 0 Å². The summed E-state index contributed by atoms with van der Waals surface area (Å²) in [5.41, 5.74) is 0.856. The van der Waals surface area contributed by atoms with E-state index >= 15 is 0 Å². The summed E-state index contributed by atoms with van der Waals surface area (Å²) in [4.78, 5) is 4.13. The lowest BCUT2D eigenvalue weighted by Gasteiger charge is -1.99. The van der Waals surface area contributed by atoms with E-state index in [-0.39, 0.29) is 12.4 Å². The van der Waals surface area contributed by atoms with Gasteiger partial charge in [0, 0.05) is 18.6 Å². The third-order valence-corrected chi connectivity index (χ3v) is 1.60. The molecular weight excluding hydrogens is 176 g/mol. The fourth-order valence-corrected chi connectivity index (χ4v) is 1.08. The van der Waals surface area contributed by atoms with Crippen molar-refractivity contribution in [1.29, 1.82) is 0 Å². The van der Waals surface area contributed by atoms with E-state index in [9.17, 15) is 0 Å². The summed E-state index contributed by atoms with van der Waals surface area (Å²) in [6, 6.07) is 3.82. The minimum Gasteiger partial charge on any atom is -0.493 e. The Hall–Kier alpha value is -1.22. The highest BCUT2D eigenvalue weighted by Gasteiger charge is 1.98. The van der Waals surface area contributed by atoms with E-state index in [0.717, 1.165) is 11.4 Å². The summed E-state index contributed by atoms with van der Waals surface area (Å²) in [5.74, 6) is 0.803. The molecule has 0 bridgehead atoms. The standard InChI is InChI=1S/C8H8N2O.ClH/c1-11-7-3-2-5-10-6-4-9-8(7)10;/h2-6H,1H3;1H. The maximum absolute atomic E-state index is 5.10. The summed E-state index contributed by atoms with van der Waals surface area (Å²) in [5, 5.41) is 0. The quantitative estimate of drug-likeness (QED) is 0.675. The Kier molecular flexibility index (Phi) is 2.55. The summed E-state index contributed by atoms with van der Waals surface area (Å²) in [7, 11) is 1.64. The van der Waals surface area contributed by atoms with E-state index in [1.807, 2.05) is 28.9 Å². The number of aromatic nitrogens is 2. The molecule has 0 N–H and O–H groups in total. The van der Waals surface area contributed by atoms with Gasteiger partial charge in [0.25, 0.3) is 0 Å². The third kappa shape index (κ3) is 1.23. The molecule has 0 spiro atoms. The minimum atomic E-state index is 0. The monoisotopic (exact) mass is 184 g/mol. The van der Waals surface area contributed by atoms with Crippen LogP contribution in [0.2, 0.25) is 0 Å². The number of nitrogens with zero attached hydrogens (tertiary/aromatic N) is 2. The number of halogens is 1. The average molecular weight is 185 g/mol. The van der Waals surface area contributed by atoms with Gasteiger partial charge in [-0.05, 0) is 12.1 Å². The van der Waals surface area contributed by atoms with Crippen LogP contribution in [0.3, 0.4) is 0 Å². The van der Waals surface area contributed by atoms with Crippen molar-refractivity contribution in [2.75, 3.05) is 7.11 Å². The third-order valence-electron chi connectivity index (χ3n) is 1.60. The van der Waals surface area contributed by atoms with Gasteiger partial charge in [-0.2, -0.15) is 0 Å². The number of hydrogen-bond acceptors (Lipinski definition) is 2. The van der Waals surface area contributed by atoms with Gasteiger partial charge in [0.1, 0.15) is 0 Å². The molecule has 2 aromatic heterocycles. The van der Waals surface area contributed by atoms with Gasteiger partial charge in [0.15, 0.2) is 11.4 Å². The zero-order valence-corrected chi connectivity index (χ0v) is 7.41. The van der Waals surface area contributed by atoms with E-state index < -0.39 is 0 Å². The molecule has 0 aliphatic carbocycles. The second kappa shape index (κ2) is 3.45. The maximum Gasteiger partial charge on any atom is 0.179 e. The molecule has 0 unspecified atom stereocenters. The number of fused-ring (bicyclic) bond motifs is 1. The molecular formula is C8H9ClN2O. The average Bonchev–Trinajstić information content (AvgIpc) is 2.50. The molecule has 0 saturated carbocycles. The Balaban J connectivity index is 0.000000720. The van der Waals surface area contributed by atoms with Crippen molar-refractivity contribution in [3.8, 4) is 5.75 Å². The molecule has 0 atom stereocenters. The van der Waals surface area contributed by atoms with Crippen LogP contribution in [0, 0.1) is 0 Å². The normalized spacial score (nSPS) is 9.42. The zero-order chi connectivity index (χ0) is 7.68. The van der Waals surface area contributed by atoms with Gasteiger partial charge in [-0.15, -0.1) is 12.4 Å².